The maximum atomic E-state index is 4.24. The molecule has 0 aliphatic heterocycles. The van der Waals surface area contributed by atoms with Crippen LogP contribution in [-0.4, -0.2) is 12.0 Å². The van der Waals surface area contributed by atoms with Gasteiger partial charge in [-0.1, -0.05) is 6.07 Å². The Morgan fingerprint density at radius 3 is 2.94 bits per heavy atom. The van der Waals surface area contributed by atoms with E-state index in [1.807, 2.05) is 19.4 Å². The van der Waals surface area contributed by atoms with Crippen LogP contribution in [0.3, 0.4) is 0 Å². The first kappa shape index (κ1) is 11.3. The zero-order chi connectivity index (χ0) is 11.4. The van der Waals surface area contributed by atoms with Crippen LogP contribution in [0, 0.1) is 6.92 Å². The molecule has 0 saturated heterocycles. The summed E-state index contributed by atoms with van der Waals surface area (Å²) in [5.74, 6) is 0. The molecule has 0 aliphatic carbocycles. The lowest BCUT2D eigenvalue weighted by Crippen LogP contribution is -2.18. The smallest absolute Gasteiger partial charge is 0.0374 e. The fourth-order valence-corrected chi connectivity index (χ4v) is 2.48. The molecule has 0 aromatic carbocycles. The van der Waals surface area contributed by atoms with Gasteiger partial charge in [0, 0.05) is 18.4 Å². The van der Waals surface area contributed by atoms with Crippen molar-refractivity contribution < 1.29 is 0 Å². The number of aryl methyl sites for hydroxylation is 1. The second-order valence-corrected chi connectivity index (χ2v) is 4.75. The average Bonchev–Trinajstić information content (AvgIpc) is 2.78. The number of hydrogen-bond donors (Lipinski definition) is 1. The first-order valence-corrected chi connectivity index (χ1v) is 6.34. The van der Waals surface area contributed by atoms with Crippen LogP contribution >= 0.6 is 11.3 Å². The van der Waals surface area contributed by atoms with Crippen molar-refractivity contribution >= 4 is 11.3 Å². The van der Waals surface area contributed by atoms with Crippen LogP contribution in [0.15, 0.2) is 35.3 Å². The molecule has 84 valence electrons. The Kier molecular flexibility index (Phi) is 3.70. The zero-order valence-electron chi connectivity index (χ0n) is 9.60. The van der Waals surface area contributed by atoms with Gasteiger partial charge in [0.1, 0.15) is 0 Å². The van der Waals surface area contributed by atoms with E-state index in [0.29, 0.717) is 6.04 Å². The predicted molar refractivity (Wildman–Crippen MR) is 68.8 cm³/mol. The minimum absolute atomic E-state index is 0.349. The van der Waals surface area contributed by atoms with Crippen LogP contribution in [0.2, 0.25) is 0 Å². The molecule has 0 bridgehead atoms. The van der Waals surface area contributed by atoms with Crippen molar-refractivity contribution in [1.82, 2.24) is 10.3 Å². The van der Waals surface area contributed by atoms with Crippen molar-refractivity contribution in [3.8, 4) is 0 Å². The number of hydrogen-bond acceptors (Lipinski definition) is 3. The van der Waals surface area contributed by atoms with Crippen molar-refractivity contribution in [3.63, 3.8) is 0 Å². The first-order valence-electron chi connectivity index (χ1n) is 5.39. The lowest BCUT2D eigenvalue weighted by Gasteiger charge is -2.15. The summed E-state index contributed by atoms with van der Waals surface area (Å²) in [6, 6.07) is 4.72. The minimum atomic E-state index is 0.349. The van der Waals surface area contributed by atoms with Gasteiger partial charge in [-0.25, -0.2) is 0 Å². The van der Waals surface area contributed by atoms with Crippen molar-refractivity contribution in [2.45, 2.75) is 19.4 Å². The molecule has 1 unspecified atom stereocenters. The maximum Gasteiger partial charge on any atom is 0.0374 e. The highest BCUT2D eigenvalue weighted by atomic mass is 32.1. The van der Waals surface area contributed by atoms with Gasteiger partial charge in [0.15, 0.2) is 0 Å². The molecule has 16 heavy (non-hydrogen) atoms. The summed E-state index contributed by atoms with van der Waals surface area (Å²) in [5, 5.41) is 7.67. The highest BCUT2D eigenvalue weighted by Gasteiger charge is 2.10. The van der Waals surface area contributed by atoms with Gasteiger partial charge in [-0.3, -0.25) is 4.98 Å². The Balaban J connectivity index is 2.16. The van der Waals surface area contributed by atoms with Gasteiger partial charge >= 0.3 is 0 Å². The molecule has 2 heterocycles. The maximum absolute atomic E-state index is 4.24. The standard InChI is InChI=1S/C13H16N2S/c1-10-5-12(8-15-7-10)13(14-2)6-11-3-4-16-9-11/h3-5,7-9,13-14H,6H2,1-2H3. The number of nitrogens with zero attached hydrogens (tertiary/aromatic N) is 1. The van der Waals surface area contributed by atoms with E-state index in [-0.39, 0.29) is 0 Å². The molecular formula is C13H16N2S. The van der Waals surface area contributed by atoms with Gasteiger partial charge in [-0.05, 0) is 53.9 Å². The van der Waals surface area contributed by atoms with Crippen LogP contribution < -0.4 is 5.32 Å². The van der Waals surface area contributed by atoms with Crippen molar-refractivity contribution in [3.05, 3.63) is 52.0 Å². The SMILES string of the molecule is CNC(Cc1ccsc1)c1cncc(C)c1. The number of likely N-dealkylation sites (N-methyl/N-ethyl adjacent to an activating group) is 1. The van der Waals surface area contributed by atoms with Crippen molar-refractivity contribution in [1.29, 1.82) is 0 Å². The molecule has 0 spiro atoms. The topological polar surface area (TPSA) is 24.9 Å². The highest BCUT2D eigenvalue weighted by molar-refractivity contribution is 7.07. The fourth-order valence-electron chi connectivity index (χ4n) is 1.80. The molecule has 2 aromatic rings. The molecule has 0 fully saturated rings. The summed E-state index contributed by atoms with van der Waals surface area (Å²) in [5.41, 5.74) is 3.85. The van der Waals surface area contributed by atoms with E-state index in [0.717, 1.165) is 6.42 Å². The highest BCUT2D eigenvalue weighted by Crippen LogP contribution is 2.19. The van der Waals surface area contributed by atoms with Gasteiger partial charge in [0.25, 0.3) is 0 Å². The van der Waals surface area contributed by atoms with E-state index in [2.05, 4.69) is 40.1 Å². The molecular weight excluding hydrogens is 216 g/mol. The minimum Gasteiger partial charge on any atom is -0.313 e. The lowest BCUT2D eigenvalue weighted by atomic mass is 10.0. The van der Waals surface area contributed by atoms with E-state index < -0.39 is 0 Å². The fraction of sp³-hybridized carbons (Fsp3) is 0.308. The molecule has 2 nitrogen and oxygen atoms in total. The van der Waals surface area contributed by atoms with Crippen LogP contribution in [0.4, 0.5) is 0 Å². The second kappa shape index (κ2) is 5.23. The summed E-state index contributed by atoms with van der Waals surface area (Å²) in [6.07, 6.45) is 4.85. The van der Waals surface area contributed by atoms with Crippen LogP contribution in [-0.2, 0) is 6.42 Å². The van der Waals surface area contributed by atoms with Crippen molar-refractivity contribution in [2.24, 2.45) is 0 Å². The van der Waals surface area contributed by atoms with Crippen LogP contribution in [0.25, 0.3) is 0 Å². The average molecular weight is 232 g/mol. The van der Waals surface area contributed by atoms with Crippen molar-refractivity contribution in [2.75, 3.05) is 7.05 Å². The summed E-state index contributed by atoms with van der Waals surface area (Å²) < 4.78 is 0. The van der Waals surface area contributed by atoms with Crippen LogP contribution in [0.5, 0.6) is 0 Å². The number of thiophene rings is 1. The Labute approximate surface area is 100 Å². The number of nitrogens with one attached hydrogen (secondary N) is 1. The molecule has 0 saturated carbocycles. The van der Waals surface area contributed by atoms with Gasteiger partial charge in [-0.2, -0.15) is 11.3 Å². The first-order chi connectivity index (χ1) is 7.79. The third kappa shape index (κ3) is 2.68. The largest absolute Gasteiger partial charge is 0.313 e. The van der Waals surface area contributed by atoms with E-state index >= 15 is 0 Å². The molecule has 2 rings (SSSR count). The van der Waals surface area contributed by atoms with Gasteiger partial charge < -0.3 is 5.32 Å². The molecule has 2 aromatic heterocycles. The predicted octanol–water partition coefficient (Wildman–Crippen LogP) is 2.95. The van der Waals surface area contributed by atoms with E-state index in [1.54, 1.807) is 11.3 Å². The number of pyridine rings is 1. The molecule has 0 aliphatic rings. The summed E-state index contributed by atoms with van der Waals surface area (Å²) in [4.78, 5) is 4.24. The summed E-state index contributed by atoms with van der Waals surface area (Å²) >= 11 is 1.75. The molecule has 0 radical (unpaired) electrons. The third-order valence-corrected chi connectivity index (χ3v) is 3.40. The monoisotopic (exact) mass is 232 g/mol. The van der Waals surface area contributed by atoms with Gasteiger partial charge in [0.2, 0.25) is 0 Å². The molecule has 1 N–H and O–H groups in total. The lowest BCUT2D eigenvalue weighted by molar-refractivity contribution is 0.590. The Morgan fingerprint density at radius 1 is 1.44 bits per heavy atom. The summed E-state index contributed by atoms with van der Waals surface area (Å²) in [7, 11) is 2.00. The number of aromatic nitrogens is 1. The molecule has 3 heteroatoms. The molecule has 0 amide bonds. The number of rotatable bonds is 4. The van der Waals surface area contributed by atoms with Gasteiger partial charge in [-0.15, -0.1) is 0 Å². The zero-order valence-corrected chi connectivity index (χ0v) is 10.4. The Hall–Kier alpha value is -1.19. The Morgan fingerprint density at radius 2 is 2.31 bits per heavy atom. The van der Waals surface area contributed by atoms with Crippen LogP contribution in [0.1, 0.15) is 22.7 Å². The van der Waals surface area contributed by atoms with E-state index in [9.17, 15) is 0 Å². The molecule has 1 atom stereocenters. The van der Waals surface area contributed by atoms with Gasteiger partial charge in [0.05, 0.1) is 0 Å². The van der Waals surface area contributed by atoms with E-state index in [4.69, 9.17) is 0 Å². The summed E-state index contributed by atoms with van der Waals surface area (Å²) in [6.45, 7) is 2.08. The third-order valence-electron chi connectivity index (χ3n) is 2.67. The Bertz CT molecular complexity index is 437. The normalized spacial score (nSPS) is 12.6. The second-order valence-electron chi connectivity index (χ2n) is 3.97. The quantitative estimate of drug-likeness (QED) is 0.876. The van der Waals surface area contributed by atoms with E-state index in [1.165, 1.54) is 16.7 Å².